The maximum atomic E-state index is 6.15. The lowest BCUT2D eigenvalue weighted by Gasteiger charge is -2.44. The Bertz CT molecular complexity index is 240. The standard InChI is InChI=1S/C13H26N2S/c1-10(2)8-15(12-4-5-12)13(9-14)6-7-16-11(13)3/h10-12H,4-9,14H2,1-3H3. The molecule has 1 aliphatic carbocycles. The molecule has 0 aromatic carbocycles. The zero-order valence-corrected chi connectivity index (χ0v) is 11.7. The molecule has 0 radical (unpaired) electrons. The zero-order valence-electron chi connectivity index (χ0n) is 10.9. The molecular weight excluding hydrogens is 216 g/mol. The van der Waals surface area contributed by atoms with E-state index >= 15 is 0 Å². The van der Waals surface area contributed by atoms with Crippen LogP contribution in [0, 0.1) is 5.92 Å². The third-order valence-electron chi connectivity index (χ3n) is 4.13. The van der Waals surface area contributed by atoms with Gasteiger partial charge in [-0.3, -0.25) is 4.90 Å². The number of nitrogens with zero attached hydrogens (tertiary/aromatic N) is 1. The van der Waals surface area contributed by atoms with Crippen LogP contribution in [0.5, 0.6) is 0 Å². The lowest BCUT2D eigenvalue weighted by atomic mass is 9.89. The van der Waals surface area contributed by atoms with Crippen molar-refractivity contribution in [2.45, 2.75) is 56.9 Å². The summed E-state index contributed by atoms with van der Waals surface area (Å²) in [6, 6.07) is 0.840. The number of nitrogens with two attached hydrogens (primary N) is 1. The van der Waals surface area contributed by atoms with E-state index in [1.165, 1.54) is 31.6 Å². The molecule has 1 heterocycles. The highest BCUT2D eigenvalue weighted by molar-refractivity contribution is 8.00. The molecule has 0 aromatic heterocycles. The predicted molar refractivity (Wildman–Crippen MR) is 72.9 cm³/mol. The molecule has 2 aliphatic rings. The van der Waals surface area contributed by atoms with Gasteiger partial charge in [-0.2, -0.15) is 11.8 Å². The maximum Gasteiger partial charge on any atom is 0.0458 e. The predicted octanol–water partition coefficient (Wildman–Crippen LogP) is 2.33. The molecule has 1 saturated heterocycles. The minimum Gasteiger partial charge on any atom is -0.329 e. The second kappa shape index (κ2) is 4.87. The molecule has 94 valence electrons. The van der Waals surface area contributed by atoms with Crippen LogP contribution < -0.4 is 5.73 Å². The van der Waals surface area contributed by atoms with Crippen LogP contribution in [0.4, 0.5) is 0 Å². The van der Waals surface area contributed by atoms with E-state index in [0.717, 1.165) is 18.5 Å². The lowest BCUT2D eigenvalue weighted by Crippen LogP contribution is -2.59. The van der Waals surface area contributed by atoms with Gasteiger partial charge in [-0.15, -0.1) is 0 Å². The third kappa shape index (κ3) is 2.27. The number of rotatable bonds is 5. The molecule has 2 atom stereocenters. The summed E-state index contributed by atoms with van der Waals surface area (Å²) in [5.74, 6) is 2.04. The van der Waals surface area contributed by atoms with Crippen molar-refractivity contribution < 1.29 is 0 Å². The van der Waals surface area contributed by atoms with Crippen LogP contribution in [0.25, 0.3) is 0 Å². The summed E-state index contributed by atoms with van der Waals surface area (Å²) < 4.78 is 0. The molecule has 1 saturated carbocycles. The highest BCUT2D eigenvalue weighted by Crippen LogP contribution is 2.44. The lowest BCUT2D eigenvalue weighted by molar-refractivity contribution is 0.0749. The molecular formula is C13H26N2S. The maximum absolute atomic E-state index is 6.15. The van der Waals surface area contributed by atoms with Gasteiger partial charge in [0.05, 0.1) is 0 Å². The van der Waals surface area contributed by atoms with E-state index < -0.39 is 0 Å². The van der Waals surface area contributed by atoms with Crippen molar-refractivity contribution in [2.75, 3.05) is 18.8 Å². The fourth-order valence-corrected chi connectivity index (χ4v) is 4.49. The van der Waals surface area contributed by atoms with Crippen molar-refractivity contribution in [3.05, 3.63) is 0 Å². The van der Waals surface area contributed by atoms with E-state index in [-0.39, 0.29) is 0 Å². The molecule has 1 aliphatic heterocycles. The van der Waals surface area contributed by atoms with Gasteiger partial charge in [-0.25, -0.2) is 0 Å². The fraction of sp³-hybridized carbons (Fsp3) is 1.00. The van der Waals surface area contributed by atoms with Crippen molar-refractivity contribution in [3.63, 3.8) is 0 Å². The van der Waals surface area contributed by atoms with Crippen molar-refractivity contribution in [1.82, 2.24) is 4.90 Å². The molecule has 0 amide bonds. The molecule has 2 nitrogen and oxygen atoms in total. The summed E-state index contributed by atoms with van der Waals surface area (Å²) >= 11 is 2.11. The molecule has 2 unspecified atom stereocenters. The highest BCUT2D eigenvalue weighted by Gasteiger charge is 2.49. The Labute approximate surface area is 104 Å². The van der Waals surface area contributed by atoms with E-state index in [9.17, 15) is 0 Å². The molecule has 0 spiro atoms. The topological polar surface area (TPSA) is 29.3 Å². The van der Waals surface area contributed by atoms with Gasteiger partial charge in [0.2, 0.25) is 0 Å². The van der Waals surface area contributed by atoms with E-state index in [1.54, 1.807) is 0 Å². The Morgan fingerprint density at radius 1 is 1.44 bits per heavy atom. The first kappa shape index (κ1) is 12.7. The summed E-state index contributed by atoms with van der Waals surface area (Å²) in [6.07, 6.45) is 4.08. The Kier molecular flexibility index (Phi) is 3.87. The molecule has 2 rings (SSSR count). The summed E-state index contributed by atoms with van der Waals surface area (Å²) in [5.41, 5.74) is 6.45. The van der Waals surface area contributed by atoms with Gasteiger partial charge in [0.15, 0.2) is 0 Å². The first-order chi connectivity index (χ1) is 7.60. The minimum atomic E-state index is 0.302. The van der Waals surface area contributed by atoms with Gasteiger partial charge in [-0.1, -0.05) is 20.8 Å². The van der Waals surface area contributed by atoms with Crippen LogP contribution in [-0.2, 0) is 0 Å². The Morgan fingerprint density at radius 2 is 2.12 bits per heavy atom. The molecule has 0 aromatic rings. The molecule has 0 bridgehead atoms. The number of hydrogen-bond acceptors (Lipinski definition) is 3. The fourth-order valence-electron chi connectivity index (χ4n) is 3.01. The average molecular weight is 242 g/mol. The summed E-state index contributed by atoms with van der Waals surface area (Å²) in [4.78, 5) is 2.77. The van der Waals surface area contributed by atoms with Gasteiger partial charge < -0.3 is 5.73 Å². The molecule has 16 heavy (non-hydrogen) atoms. The average Bonchev–Trinajstić information content (AvgIpc) is 3.00. The van der Waals surface area contributed by atoms with Crippen molar-refractivity contribution in [2.24, 2.45) is 11.7 Å². The first-order valence-electron chi connectivity index (χ1n) is 6.68. The number of hydrogen-bond donors (Lipinski definition) is 1. The first-order valence-corrected chi connectivity index (χ1v) is 7.73. The molecule has 2 N–H and O–H groups in total. The van der Waals surface area contributed by atoms with Gasteiger partial charge in [0, 0.05) is 29.9 Å². The third-order valence-corrected chi connectivity index (χ3v) is 5.51. The van der Waals surface area contributed by atoms with Gasteiger partial charge in [0.1, 0.15) is 0 Å². The monoisotopic (exact) mass is 242 g/mol. The van der Waals surface area contributed by atoms with E-state index in [4.69, 9.17) is 5.73 Å². The van der Waals surface area contributed by atoms with E-state index in [0.29, 0.717) is 10.8 Å². The van der Waals surface area contributed by atoms with Crippen LogP contribution in [0.1, 0.15) is 40.0 Å². The van der Waals surface area contributed by atoms with Crippen molar-refractivity contribution >= 4 is 11.8 Å². The smallest absolute Gasteiger partial charge is 0.0458 e. The van der Waals surface area contributed by atoms with Gasteiger partial charge in [0.25, 0.3) is 0 Å². The molecule has 3 heteroatoms. The minimum absolute atomic E-state index is 0.302. The second-order valence-corrected chi connectivity index (χ2v) is 7.30. The van der Waals surface area contributed by atoms with Crippen molar-refractivity contribution in [3.8, 4) is 0 Å². The zero-order chi connectivity index (χ0) is 11.8. The largest absolute Gasteiger partial charge is 0.329 e. The second-order valence-electron chi connectivity index (χ2n) is 5.85. The Hall–Kier alpha value is 0.270. The summed E-state index contributed by atoms with van der Waals surface area (Å²) in [5, 5.41) is 0.705. The summed E-state index contributed by atoms with van der Waals surface area (Å²) in [6.45, 7) is 9.09. The number of thioether (sulfide) groups is 1. The highest BCUT2D eigenvalue weighted by atomic mass is 32.2. The normalized spacial score (nSPS) is 35.2. The van der Waals surface area contributed by atoms with Crippen LogP contribution >= 0.6 is 11.8 Å². The molecule has 2 fully saturated rings. The summed E-state index contributed by atoms with van der Waals surface area (Å²) in [7, 11) is 0. The van der Waals surface area contributed by atoms with Gasteiger partial charge >= 0.3 is 0 Å². The van der Waals surface area contributed by atoms with Crippen LogP contribution in [0.3, 0.4) is 0 Å². The van der Waals surface area contributed by atoms with E-state index in [1.807, 2.05) is 0 Å². The van der Waals surface area contributed by atoms with E-state index in [2.05, 4.69) is 37.4 Å². The van der Waals surface area contributed by atoms with Gasteiger partial charge in [-0.05, 0) is 30.9 Å². The van der Waals surface area contributed by atoms with Crippen LogP contribution in [0.2, 0.25) is 0 Å². The Balaban J connectivity index is 2.15. The Morgan fingerprint density at radius 3 is 2.50 bits per heavy atom. The SMILES string of the molecule is CC(C)CN(C1CC1)C1(CN)CCSC1C. The quantitative estimate of drug-likeness (QED) is 0.802. The van der Waals surface area contributed by atoms with Crippen molar-refractivity contribution in [1.29, 1.82) is 0 Å². The van der Waals surface area contributed by atoms with Crippen LogP contribution in [0.15, 0.2) is 0 Å². The van der Waals surface area contributed by atoms with Crippen LogP contribution in [-0.4, -0.2) is 40.6 Å².